The van der Waals surface area contributed by atoms with Crippen LogP contribution in [0, 0.1) is 0 Å². The smallest absolute Gasteiger partial charge is 0.123 e. The van der Waals surface area contributed by atoms with Crippen LogP contribution in [0.5, 0.6) is 5.75 Å². The second-order valence-electron chi connectivity index (χ2n) is 8.72. The lowest BCUT2D eigenvalue weighted by Crippen LogP contribution is -2.32. The number of fused-ring (bicyclic) bond motifs is 1. The number of hydrogen-bond donors (Lipinski definition) is 0. The van der Waals surface area contributed by atoms with Gasteiger partial charge in [0, 0.05) is 25.7 Å². The summed E-state index contributed by atoms with van der Waals surface area (Å²) in [5, 5.41) is 0. The van der Waals surface area contributed by atoms with Gasteiger partial charge in [0.25, 0.3) is 0 Å². The maximum Gasteiger partial charge on any atom is 0.123 e. The van der Waals surface area contributed by atoms with E-state index in [0.29, 0.717) is 12.1 Å². The molecule has 2 fully saturated rings. The Balaban J connectivity index is 1.24. The summed E-state index contributed by atoms with van der Waals surface area (Å²) in [4.78, 5) is 5.25. The zero-order chi connectivity index (χ0) is 18.8. The number of benzene rings is 2. The lowest BCUT2D eigenvalue weighted by Gasteiger charge is -2.32. The lowest BCUT2D eigenvalue weighted by molar-refractivity contribution is 0.163. The van der Waals surface area contributed by atoms with Crippen LogP contribution >= 0.6 is 0 Å². The van der Waals surface area contributed by atoms with Crippen molar-refractivity contribution in [3.8, 4) is 5.75 Å². The molecule has 1 aliphatic carbocycles. The summed E-state index contributed by atoms with van der Waals surface area (Å²) in [6, 6.07) is 18.2. The molecule has 2 saturated heterocycles. The minimum Gasteiger partial charge on any atom is -0.489 e. The molecule has 3 nitrogen and oxygen atoms in total. The summed E-state index contributed by atoms with van der Waals surface area (Å²) in [7, 11) is 0. The molecule has 0 spiro atoms. The van der Waals surface area contributed by atoms with Crippen molar-refractivity contribution in [1.82, 2.24) is 9.80 Å². The van der Waals surface area contributed by atoms with Crippen molar-refractivity contribution in [3.63, 3.8) is 0 Å². The van der Waals surface area contributed by atoms with Crippen LogP contribution in [-0.4, -0.2) is 42.1 Å². The Morgan fingerprint density at radius 1 is 0.857 bits per heavy atom. The fraction of sp³-hybridized carbons (Fsp3) is 0.520. The molecule has 2 unspecified atom stereocenters. The molecule has 0 saturated carbocycles. The van der Waals surface area contributed by atoms with Crippen LogP contribution < -0.4 is 4.74 Å². The highest BCUT2D eigenvalue weighted by molar-refractivity contribution is 5.45. The lowest BCUT2D eigenvalue weighted by atomic mass is 10.0. The van der Waals surface area contributed by atoms with Gasteiger partial charge in [0.1, 0.15) is 11.9 Å². The van der Waals surface area contributed by atoms with E-state index in [-0.39, 0.29) is 0 Å². The average Bonchev–Trinajstić information content (AvgIpc) is 3.37. The van der Waals surface area contributed by atoms with E-state index in [9.17, 15) is 0 Å². The van der Waals surface area contributed by atoms with Crippen LogP contribution in [0.15, 0.2) is 48.5 Å². The van der Waals surface area contributed by atoms with E-state index >= 15 is 0 Å². The SMILES string of the molecule is c1ccc(CN2CCC(Oc3cccc4c3CCC4N3CCCCC3)C2)cc1. The van der Waals surface area contributed by atoms with Crippen molar-refractivity contribution in [2.24, 2.45) is 0 Å². The maximum atomic E-state index is 6.56. The normalized spacial score (nSPS) is 25.7. The van der Waals surface area contributed by atoms with Crippen LogP contribution in [0.25, 0.3) is 0 Å². The third kappa shape index (κ3) is 3.83. The van der Waals surface area contributed by atoms with Crippen LogP contribution in [0.1, 0.15) is 54.8 Å². The highest BCUT2D eigenvalue weighted by atomic mass is 16.5. The van der Waals surface area contributed by atoms with Gasteiger partial charge in [-0.3, -0.25) is 9.80 Å². The Morgan fingerprint density at radius 2 is 1.71 bits per heavy atom. The molecule has 0 bridgehead atoms. The Hall–Kier alpha value is -1.84. The third-order valence-corrected chi connectivity index (χ3v) is 6.80. The largest absolute Gasteiger partial charge is 0.489 e. The van der Waals surface area contributed by atoms with E-state index in [2.05, 4.69) is 58.3 Å². The molecule has 3 heteroatoms. The van der Waals surface area contributed by atoms with Gasteiger partial charge in [-0.15, -0.1) is 0 Å². The first-order valence-corrected chi connectivity index (χ1v) is 11.2. The molecule has 0 radical (unpaired) electrons. The molecule has 2 atom stereocenters. The first kappa shape index (κ1) is 18.2. The van der Waals surface area contributed by atoms with Gasteiger partial charge in [-0.05, 0) is 68.0 Å². The number of nitrogens with zero attached hydrogens (tertiary/aromatic N) is 2. The van der Waals surface area contributed by atoms with E-state index in [1.54, 1.807) is 5.56 Å². The summed E-state index contributed by atoms with van der Waals surface area (Å²) in [5.74, 6) is 1.16. The molecule has 2 aliphatic heterocycles. The van der Waals surface area contributed by atoms with E-state index in [1.807, 2.05) is 0 Å². The number of ether oxygens (including phenoxy) is 1. The maximum absolute atomic E-state index is 6.56. The summed E-state index contributed by atoms with van der Waals surface area (Å²) in [5.41, 5.74) is 4.42. The Morgan fingerprint density at radius 3 is 2.57 bits per heavy atom. The predicted octanol–water partition coefficient (Wildman–Crippen LogP) is 4.81. The summed E-state index contributed by atoms with van der Waals surface area (Å²) in [6.45, 7) is 5.74. The Kier molecular flexibility index (Phi) is 5.37. The topological polar surface area (TPSA) is 15.7 Å². The molecular formula is C25H32N2O. The van der Waals surface area contributed by atoms with E-state index in [1.165, 1.54) is 56.3 Å². The molecule has 2 aromatic rings. The first-order valence-electron chi connectivity index (χ1n) is 11.2. The van der Waals surface area contributed by atoms with E-state index < -0.39 is 0 Å². The minimum atomic E-state index is 0.323. The van der Waals surface area contributed by atoms with E-state index in [0.717, 1.165) is 31.8 Å². The Labute approximate surface area is 169 Å². The van der Waals surface area contributed by atoms with Crippen molar-refractivity contribution in [3.05, 3.63) is 65.2 Å². The van der Waals surface area contributed by atoms with Crippen LogP contribution in [0.2, 0.25) is 0 Å². The monoisotopic (exact) mass is 376 g/mol. The molecule has 2 heterocycles. The molecule has 28 heavy (non-hydrogen) atoms. The van der Waals surface area contributed by atoms with Crippen molar-refractivity contribution in [2.75, 3.05) is 26.2 Å². The number of piperidine rings is 1. The number of likely N-dealkylation sites (tertiary alicyclic amines) is 2. The van der Waals surface area contributed by atoms with Gasteiger partial charge in [0.2, 0.25) is 0 Å². The molecule has 5 rings (SSSR count). The van der Waals surface area contributed by atoms with Gasteiger partial charge in [-0.2, -0.15) is 0 Å². The average molecular weight is 377 g/mol. The van der Waals surface area contributed by atoms with Crippen molar-refractivity contribution >= 4 is 0 Å². The van der Waals surface area contributed by atoms with Crippen molar-refractivity contribution in [1.29, 1.82) is 0 Å². The second kappa shape index (κ2) is 8.26. The minimum absolute atomic E-state index is 0.323. The van der Waals surface area contributed by atoms with Gasteiger partial charge in [0.05, 0.1) is 0 Å². The fourth-order valence-corrected chi connectivity index (χ4v) is 5.38. The molecule has 0 aromatic heterocycles. The highest BCUT2D eigenvalue weighted by Crippen LogP contribution is 2.41. The van der Waals surface area contributed by atoms with Gasteiger partial charge in [-0.1, -0.05) is 48.9 Å². The fourth-order valence-electron chi connectivity index (χ4n) is 5.38. The number of rotatable bonds is 5. The summed E-state index contributed by atoms with van der Waals surface area (Å²) < 4.78 is 6.56. The molecule has 0 amide bonds. The summed E-state index contributed by atoms with van der Waals surface area (Å²) >= 11 is 0. The molecule has 0 N–H and O–H groups in total. The second-order valence-corrected chi connectivity index (χ2v) is 8.72. The van der Waals surface area contributed by atoms with E-state index in [4.69, 9.17) is 4.74 Å². The molecule has 2 aromatic carbocycles. The zero-order valence-electron chi connectivity index (χ0n) is 16.9. The summed E-state index contributed by atoms with van der Waals surface area (Å²) in [6.07, 6.45) is 8.02. The number of hydrogen-bond acceptors (Lipinski definition) is 3. The van der Waals surface area contributed by atoms with Gasteiger partial charge >= 0.3 is 0 Å². The molecule has 3 aliphatic rings. The predicted molar refractivity (Wildman–Crippen MR) is 114 cm³/mol. The van der Waals surface area contributed by atoms with Crippen LogP contribution in [0.3, 0.4) is 0 Å². The standard InChI is InChI=1S/C25H32N2O/c1-3-8-20(9-4-1)18-26-17-14-21(19-26)28-25-11-7-10-22-23(25)12-13-24(22)27-15-5-2-6-16-27/h1,3-4,7-11,21,24H,2,5-6,12-19H2. The quantitative estimate of drug-likeness (QED) is 0.744. The van der Waals surface area contributed by atoms with Crippen molar-refractivity contribution in [2.45, 2.75) is 57.2 Å². The molecular weight excluding hydrogens is 344 g/mol. The van der Waals surface area contributed by atoms with Crippen molar-refractivity contribution < 1.29 is 4.74 Å². The Bertz CT molecular complexity index is 784. The van der Waals surface area contributed by atoms with Gasteiger partial charge in [0.15, 0.2) is 0 Å². The van der Waals surface area contributed by atoms with Gasteiger partial charge < -0.3 is 4.74 Å². The van der Waals surface area contributed by atoms with Gasteiger partial charge in [-0.25, -0.2) is 0 Å². The zero-order valence-corrected chi connectivity index (χ0v) is 16.9. The van der Waals surface area contributed by atoms with Crippen LogP contribution in [0.4, 0.5) is 0 Å². The third-order valence-electron chi connectivity index (χ3n) is 6.80. The first-order chi connectivity index (χ1) is 13.9. The highest BCUT2D eigenvalue weighted by Gasteiger charge is 2.32. The van der Waals surface area contributed by atoms with Crippen LogP contribution in [-0.2, 0) is 13.0 Å². The molecule has 148 valence electrons.